The van der Waals surface area contributed by atoms with Crippen LogP contribution < -0.4 is 10.1 Å². The zero-order chi connectivity index (χ0) is 13.8. The van der Waals surface area contributed by atoms with Crippen molar-refractivity contribution in [3.63, 3.8) is 0 Å². The van der Waals surface area contributed by atoms with E-state index in [0.717, 1.165) is 23.4 Å². The number of ether oxygens (including phenoxy) is 1. The van der Waals surface area contributed by atoms with Crippen LogP contribution in [0.4, 0.5) is 0 Å². The van der Waals surface area contributed by atoms with Gasteiger partial charge in [-0.15, -0.1) is 0 Å². The van der Waals surface area contributed by atoms with Crippen molar-refractivity contribution in [1.82, 2.24) is 5.32 Å². The Bertz CT molecular complexity index is 489. The molecule has 3 nitrogen and oxygen atoms in total. The van der Waals surface area contributed by atoms with E-state index >= 15 is 0 Å². The molecule has 0 bridgehead atoms. The molecular formula is C16H22N2OS. The highest BCUT2D eigenvalue weighted by Gasteiger charge is 2.31. The first-order valence-corrected chi connectivity index (χ1v) is 8.43. The molecule has 0 amide bonds. The van der Waals surface area contributed by atoms with Crippen molar-refractivity contribution in [1.29, 1.82) is 0 Å². The molecule has 2 aliphatic rings. The average molecular weight is 290 g/mol. The highest BCUT2D eigenvalue weighted by atomic mass is 32.2. The van der Waals surface area contributed by atoms with Gasteiger partial charge in [0.2, 0.25) is 0 Å². The zero-order valence-corrected chi connectivity index (χ0v) is 12.8. The van der Waals surface area contributed by atoms with E-state index in [1.807, 2.05) is 23.9 Å². The molecule has 1 aliphatic heterocycles. The lowest BCUT2D eigenvalue weighted by Crippen LogP contribution is -2.41. The molecule has 0 aromatic heterocycles. The molecule has 1 saturated heterocycles. The number of hydrogen-bond acceptors (Lipinski definition) is 3. The summed E-state index contributed by atoms with van der Waals surface area (Å²) >= 11 is 1.87. The molecule has 1 aliphatic carbocycles. The molecule has 0 spiro atoms. The molecule has 2 atom stereocenters. The third-order valence-electron chi connectivity index (χ3n) is 4.01. The number of nitrogens with zero attached hydrogens (tertiary/aromatic N) is 1. The number of aliphatic imine (C=N–C) groups is 1. The van der Waals surface area contributed by atoms with Crippen LogP contribution in [0.15, 0.2) is 29.3 Å². The zero-order valence-electron chi connectivity index (χ0n) is 12.0. The normalized spacial score (nSPS) is 27.1. The summed E-state index contributed by atoms with van der Waals surface area (Å²) in [6.07, 6.45) is 4.06. The highest BCUT2D eigenvalue weighted by Crippen LogP contribution is 2.32. The van der Waals surface area contributed by atoms with Gasteiger partial charge in [-0.05, 0) is 43.4 Å². The lowest BCUT2D eigenvalue weighted by atomic mass is 10.1. The summed E-state index contributed by atoms with van der Waals surface area (Å²) in [6.45, 7) is 3.44. The Morgan fingerprint density at radius 2 is 2.35 bits per heavy atom. The fourth-order valence-electron chi connectivity index (χ4n) is 2.92. The van der Waals surface area contributed by atoms with Gasteiger partial charge in [-0.3, -0.25) is 4.99 Å². The Hall–Kier alpha value is -1.16. The summed E-state index contributed by atoms with van der Waals surface area (Å²) < 4.78 is 5.72. The predicted molar refractivity (Wildman–Crippen MR) is 85.7 cm³/mol. The van der Waals surface area contributed by atoms with Gasteiger partial charge in [0.05, 0.1) is 6.54 Å². The topological polar surface area (TPSA) is 33.6 Å². The van der Waals surface area contributed by atoms with Crippen LogP contribution in [0.3, 0.4) is 0 Å². The molecule has 1 N–H and O–H groups in total. The number of benzene rings is 1. The molecule has 108 valence electrons. The van der Waals surface area contributed by atoms with Crippen molar-refractivity contribution in [3.8, 4) is 5.75 Å². The lowest BCUT2D eigenvalue weighted by Gasteiger charge is -2.28. The minimum Gasteiger partial charge on any atom is -0.492 e. The first-order chi connectivity index (χ1) is 9.81. The monoisotopic (exact) mass is 290 g/mol. The van der Waals surface area contributed by atoms with Crippen LogP contribution in [0.25, 0.3) is 0 Å². The van der Waals surface area contributed by atoms with Crippen LogP contribution in [0, 0.1) is 12.8 Å². The summed E-state index contributed by atoms with van der Waals surface area (Å²) in [5.41, 5.74) is 1.23. The van der Waals surface area contributed by atoms with Crippen LogP contribution in [0.5, 0.6) is 5.75 Å². The van der Waals surface area contributed by atoms with E-state index < -0.39 is 0 Å². The van der Waals surface area contributed by atoms with Crippen molar-refractivity contribution in [2.24, 2.45) is 10.9 Å². The number of aryl methyl sites for hydroxylation is 1. The first-order valence-electron chi connectivity index (χ1n) is 7.44. The Balaban J connectivity index is 1.44. The largest absolute Gasteiger partial charge is 0.492 e. The predicted octanol–water partition coefficient (Wildman–Crippen LogP) is 3.23. The van der Waals surface area contributed by atoms with Gasteiger partial charge in [0.15, 0.2) is 5.17 Å². The number of amidine groups is 1. The van der Waals surface area contributed by atoms with Gasteiger partial charge >= 0.3 is 0 Å². The quantitative estimate of drug-likeness (QED) is 0.864. The standard InChI is InChI=1S/C16H22N2OS/c1-12-4-2-6-14(10-12)19-9-8-17-16-18-15-7-3-5-13(15)11-20-16/h2,4,6,10,13,15H,3,5,7-9,11H2,1H3,(H,17,18). The molecule has 2 fully saturated rings. The molecular weight excluding hydrogens is 268 g/mol. The average Bonchev–Trinajstić information content (AvgIpc) is 2.91. The minimum atomic E-state index is 0.642. The second kappa shape index (κ2) is 6.53. The van der Waals surface area contributed by atoms with E-state index in [-0.39, 0.29) is 0 Å². The summed E-state index contributed by atoms with van der Waals surface area (Å²) in [4.78, 5) is 4.62. The van der Waals surface area contributed by atoms with Gasteiger partial charge in [-0.1, -0.05) is 30.3 Å². The van der Waals surface area contributed by atoms with Gasteiger partial charge in [-0.25, -0.2) is 0 Å². The third-order valence-corrected chi connectivity index (χ3v) is 5.12. The van der Waals surface area contributed by atoms with Crippen LogP contribution in [0.1, 0.15) is 24.8 Å². The van der Waals surface area contributed by atoms with Crippen LogP contribution >= 0.6 is 11.8 Å². The number of thioether (sulfide) groups is 1. The smallest absolute Gasteiger partial charge is 0.156 e. The summed E-state index contributed by atoms with van der Waals surface area (Å²) in [5.74, 6) is 3.03. The van der Waals surface area contributed by atoms with E-state index in [1.54, 1.807) is 0 Å². The van der Waals surface area contributed by atoms with E-state index in [2.05, 4.69) is 29.4 Å². The summed E-state index contributed by atoms with van der Waals surface area (Å²) in [6, 6.07) is 8.83. The van der Waals surface area contributed by atoms with Crippen molar-refractivity contribution in [2.45, 2.75) is 32.2 Å². The molecule has 2 unspecified atom stereocenters. The van der Waals surface area contributed by atoms with Crippen molar-refractivity contribution in [3.05, 3.63) is 29.8 Å². The number of nitrogens with one attached hydrogen (secondary N) is 1. The molecule has 3 rings (SSSR count). The van der Waals surface area contributed by atoms with Gasteiger partial charge in [0, 0.05) is 11.8 Å². The second-order valence-electron chi connectivity index (χ2n) is 5.60. The van der Waals surface area contributed by atoms with E-state index in [1.165, 1.54) is 30.6 Å². The molecule has 20 heavy (non-hydrogen) atoms. The maximum Gasteiger partial charge on any atom is 0.156 e. The van der Waals surface area contributed by atoms with E-state index in [4.69, 9.17) is 4.74 Å². The summed E-state index contributed by atoms with van der Waals surface area (Å²) in [5, 5.41) is 4.69. The second-order valence-corrected chi connectivity index (χ2v) is 6.61. The Morgan fingerprint density at radius 3 is 3.25 bits per heavy atom. The molecule has 4 heteroatoms. The van der Waals surface area contributed by atoms with Crippen LogP contribution in [0.2, 0.25) is 0 Å². The molecule has 0 radical (unpaired) electrons. The molecule has 1 aromatic carbocycles. The van der Waals surface area contributed by atoms with Gasteiger partial charge in [0.25, 0.3) is 0 Å². The Labute approximate surface area is 125 Å². The molecule has 1 heterocycles. The first kappa shape index (κ1) is 13.8. The van der Waals surface area contributed by atoms with Crippen LogP contribution in [-0.2, 0) is 0 Å². The highest BCUT2D eigenvalue weighted by molar-refractivity contribution is 8.13. The SMILES string of the molecule is Cc1cccc(OCCN=C2NC3CCCC3CS2)c1. The fraction of sp³-hybridized carbons (Fsp3) is 0.562. The fourth-order valence-corrected chi connectivity index (χ4v) is 4.11. The van der Waals surface area contributed by atoms with Gasteiger partial charge in [0.1, 0.15) is 12.4 Å². The van der Waals surface area contributed by atoms with Crippen molar-refractivity contribution < 1.29 is 4.74 Å². The van der Waals surface area contributed by atoms with Gasteiger partial charge in [-0.2, -0.15) is 0 Å². The van der Waals surface area contributed by atoms with E-state index in [0.29, 0.717) is 12.6 Å². The van der Waals surface area contributed by atoms with Gasteiger partial charge < -0.3 is 10.1 Å². The molecule has 1 saturated carbocycles. The maximum absolute atomic E-state index is 5.72. The maximum atomic E-state index is 5.72. The van der Waals surface area contributed by atoms with Crippen LogP contribution in [-0.4, -0.2) is 30.1 Å². The number of fused-ring (bicyclic) bond motifs is 1. The Morgan fingerprint density at radius 1 is 1.40 bits per heavy atom. The number of rotatable bonds is 4. The summed E-state index contributed by atoms with van der Waals surface area (Å²) in [7, 11) is 0. The van der Waals surface area contributed by atoms with Crippen molar-refractivity contribution in [2.75, 3.05) is 18.9 Å². The number of hydrogen-bond donors (Lipinski definition) is 1. The Kier molecular flexibility index (Phi) is 4.51. The lowest BCUT2D eigenvalue weighted by molar-refractivity contribution is 0.328. The van der Waals surface area contributed by atoms with Crippen molar-refractivity contribution >= 4 is 16.9 Å². The minimum absolute atomic E-state index is 0.642. The third kappa shape index (κ3) is 3.48. The molecule has 1 aromatic rings. The van der Waals surface area contributed by atoms with E-state index in [9.17, 15) is 0 Å².